The smallest absolute Gasteiger partial charge is 0.297 e. The van der Waals surface area contributed by atoms with Gasteiger partial charge in [0.1, 0.15) is 11.5 Å². The van der Waals surface area contributed by atoms with Crippen molar-refractivity contribution in [1.82, 2.24) is 14.3 Å². The number of aromatic nitrogens is 3. The van der Waals surface area contributed by atoms with E-state index in [4.69, 9.17) is 4.74 Å². The summed E-state index contributed by atoms with van der Waals surface area (Å²) in [6.45, 7) is 7.92. The number of fused-ring (bicyclic) bond motifs is 1. The predicted molar refractivity (Wildman–Crippen MR) is 98.8 cm³/mol. The van der Waals surface area contributed by atoms with Crippen LogP contribution in [0.5, 0.6) is 0 Å². The molecule has 0 aliphatic heterocycles. The molecule has 0 radical (unpaired) electrons. The molecule has 0 saturated heterocycles. The van der Waals surface area contributed by atoms with Crippen molar-refractivity contribution >= 4 is 27.5 Å². The van der Waals surface area contributed by atoms with Crippen molar-refractivity contribution in [2.24, 2.45) is 4.99 Å². The van der Waals surface area contributed by atoms with E-state index in [1.807, 2.05) is 25.3 Å². The van der Waals surface area contributed by atoms with Gasteiger partial charge < -0.3 is 9.30 Å². The van der Waals surface area contributed by atoms with Gasteiger partial charge in [-0.3, -0.25) is 9.48 Å². The van der Waals surface area contributed by atoms with Gasteiger partial charge in [0.2, 0.25) is 0 Å². The van der Waals surface area contributed by atoms with Crippen molar-refractivity contribution in [3.63, 3.8) is 0 Å². The molecule has 0 atom stereocenters. The first-order valence-electron chi connectivity index (χ1n) is 8.53. The van der Waals surface area contributed by atoms with Crippen molar-refractivity contribution in [2.75, 3.05) is 13.2 Å². The highest BCUT2D eigenvalue weighted by Crippen LogP contribution is 2.19. The monoisotopic (exact) mass is 376 g/mol. The molecule has 1 amide bonds. The van der Waals surface area contributed by atoms with Crippen LogP contribution in [0.4, 0.5) is 4.39 Å². The Balaban J connectivity index is 2.08. The molecule has 26 heavy (non-hydrogen) atoms. The maximum absolute atomic E-state index is 13.6. The SMILES string of the molecule is CCOCCn1c(=NC(=O)c2cc(C)nn2CC)sc2cc(F)ccc21. The molecule has 0 fully saturated rings. The maximum Gasteiger partial charge on any atom is 0.297 e. The number of nitrogens with zero attached hydrogens (tertiary/aromatic N) is 4. The molecule has 0 aliphatic rings. The number of thiazole rings is 1. The third kappa shape index (κ3) is 3.76. The van der Waals surface area contributed by atoms with Crippen molar-refractivity contribution in [3.8, 4) is 0 Å². The van der Waals surface area contributed by atoms with E-state index in [0.29, 0.717) is 36.8 Å². The van der Waals surface area contributed by atoms with Crippen molar-refractivity contribution < 1.29 is 13.9 Å². The molecule has 8 heteroatoms. The van der Waals surface area contributed by atoms with Crippen LogP contribution >= 0.6 is 11.3 Å². The minimum Gasteiger partial charge on any atom is -0.380 e. The van der Waals surface area contributed by atoms with Crippen LogP contribution in [0.3, 0.4) is 0 Å². The fourth-order valence-corrected chi connectivity index (χ4v) is 3.83. The molecular weight excluding hydrogens is 355 g/mol. The summed E-state index contributed by atoms with van der Waals surface area (Å²) in [6, 6.07) is 6.30. The third-order valence-corrected chi connectivity index (χ3v) is 4.97. The number of rotatable bonds is 6. The molecule has 6 nitrogen and oxygen atoms in total. The molecule has 0 unspecified atom stereocenters. The first kappa shape index (κ1) is 18.5. The van der Waals surface area contributed by atoms with Crippen LogP contribution < -0.4 is 4.80 Å². The summed E-state index contributed by atoms with van der Waals surface area (Å²) in [5.41, 5.74) is 2.06. The van der Waals surface area contributed by atoms with Crippen molar-refractivity contribution in [1.29, 1.82) is 0 Å². The summed E-state index contributed by atoms with van der Waals surface area (Å²) >= 11 is 1.29. The number of ether oxygens (including phenoxy) is 1. The predicted octanol–water partition coefficient (Wildman–Crippen LogP) is 3.14. The third-order valence-electron chi connectivity index (χ3n) is 3.93. The fraction of sp³-hybridized carbons (Fsp3) is 0.389. The van der Waals surface area contributed by atoms with E-state index >= 15 is 0 Å². The summed E-state index contributed by atoms with van der Waals surface area (Å²) in [6.07, 6.45) is 0. The number of hydrogen-bond acceptors (Lipinski definition) is 4. The molecule has 0 N–H and O–H groups in total. The second-order valence-corrected chi connectivity index (χ2v) is 6.76. The molecule has 0 spiro atoms. The number of carbonyl (C=O) groups excluding carboxylic acids is 1. The van der Waals surface area contributed by atoms with Crippen LogP contribution in [-0.2, 0) is 17.8 Å². The summed E-state index contributed by atoms with van der Waals surface area (Å²) in [4.78, 5) is 17.5. The van der Waals surface area contributed by atoms with Crippen LogP contribution in [0.15, 0.2) is 29.3 Å². The molecule has 1 aromatic carbocycles. The van der Waals surface area contributed by atoms with E-state index in [9.17, 15) is 9.18 Å². The quantitative estimate of drug-likeness (QED) is 0.621. The number of aryl methyl sites for hydroxylation is 2. The Morgan fingerprint density at radius 3 is 2.88 bits per heavy atom. The number of hydrogen-bond donors (Lipinski definition) is 0. The van der Waals surface area contributed by atoms with E-state index in [-0.39, 0.29) is 11.7 Å². The van der Waals surface area contributed by atoms with Gasteiger partial charge in [-0.05, 0) is 45.0 Å². The summed E-state index contributed by atoms with van der Waals surface area (Å²) in [7, 11) is 0. The first-order chi connectivity index (χ1) is 12.5. The van der Waals surface area contributed by atoms with Gasteiger partial charge in [-0.25, -0.2) is 4.39 Å². The van der Waals surface area contributed by atoms with Gasteiger partial charge in [0.05, 0.1) is 22.5 Å². The van der Waals surface area contributed by atoms with Gasteiger partial charge >= 0.3 is 0 Å². The lowest BCUT2D eigenvalue weighted by Crippen LogP contribution is -2.20. The zero-order valence-electron chi connectivity index (χ0n) is 15.0. The number of carbonyl (C=O) groups is 1. The summed E-state index contributed by atoms with van der Waals surface area (Å²) in [5.74, 6) is -0.669. The zero-order chi connectivity index (χ0) is 18.7. The van der Waals surface area contributed by atoms with Gasteiger partial charge in [-0.1, -0.05) is 11.3 Å². The lowest BCUT2D eigenvalue weighted by Gasteiger charge is -2.05. The Bertz CT molecular complexity index is 1000. The normalized spacial score (nSPS) is 12.2. The second-order valence-electron chi connectivity index (χ2n) is 5.75. The van der Waals surface area contributed by atoms with Crippen molar-refractivity contribution in [3.05, 3.63) is 46.3 Å². The molecule has 138 valence electrons. The Morgan fingerprint density at radius 2 is 2.15 bits per heavy atom. The van der Waals surface area contributed by atoms with Gasteiger partial charge in [0.25, 0.3) is 5.91 Å². The van der Waals surface area contributed by atoms with Crippen LogP contribution in [0, 0.1) is 12.7 Å². The molecule has 2 aromatic heterocycles. The summed E-state index contributed by atoms with van der Waals surface area (Å²) < 4.78 is 23.3. The minimum absolute atomic E-state index is 0.312. The zero-order valence-corrected chi connectivity index (χ0v) is 15.8. The fourth-order valence-electron chi connectivity index (χ4n) is 2.75. The highest BCUT2D eigenvalue weighted by molar-refractivity contribution is 7.16. The van der Waals surface area contributed by atoms with E-state index in [1.54, 1.807) is 16.8 Å². The Kier molecular flexibility index (Phi) is 5.63. The maximum atomic E-state index is 13.6. The van der Waals surface area contributed by atoms with Crippen LogP contribution in [0.2, 0.25) is 0 Å². The van der Waals surface area contributed by atoms with Gasteiger partial charge in [0.15, 0.2) is 4.80 Å². The average molecular weight is 376 g/mol. The average Bonchev–Trinajstić information content (AvgIpc) is 3.15. The standard InChI is InChI=1S/C18H21FN4O2S/c1-4-23-15(10-12(3)21-23)17(24)20-18-22(8-9-25-5-2)14-7-6-13(19)11-16(14)26-18/h6-7,10-11H,4-5,8-9H2,1-3H3. The molecule has 3 aromatic rings. The minimum atomic E-state index is -0.357. The molecule has 0 bridgehead atoms. The van der Waals surface area contributed by atoms with E-state index in [0.717, 1.165) is 15.9 Å². The van der Waals surface area contributed by atoms with E-state index < -0.39 is 0 Å². The van der Waals surface area contributed by atoms with Crippen LogP contribution in [0.25, 0.3) is 10.2 Å². The second kappa shape index (κ2) is 7.92. The van der Waals surface area contributed by atoms with E-state index in [1.165, 1.54) is 23.5 Å². The van der Waals surface area contributed by atoms with Gasteiger partial charge in [-0.15, -0.1) is 0 Å². The van der Waals surface area contributed by atoms with Gasteiger partial charge in [0, 0.05) is 19.7 Å². The Labute approximate surface area is 154 Å². The summed E-state index contributed by atoms with van der Waals surface area (Å²) in [5, 5.41) is 4.29. The first-order valence-corrected chi connectivity index (χ1v) is 9.35. The largest absolute Gasteiger partial charge is 0.380 e. The molecule has 3 rings (SSSR count). The van der Waals surface area contributed by atoms with Crippen LogP contribution in [0.1, 0.15) is 30.0 Å². The topological polar surface area (TPSA) is 61.4 Å². The highest BCUT2D eigenvalue weighted by Gasteiger charge is 2.14. The molecule has 0 aliphatic carbocycles. The number of halogens is 1. The van der Waals surface area contributed by atoms with Crippen molar-refractivity contribution in [2.45, 2.75) is 33.9 Å². The Morgan fingerprint density at radius 1 is 1.35 bits per heavy atom. The Hall–Kier alpha value is -2.32. The van der Waals surface area contributed by atoms with Crippen LogP contribution in [-0.4, -0.2) is 33.5 Å². The molecule has 2 heterocycles. The number of benzene rings is 1. The van der Waals surface area contributed by atoms with E-state index in [2.05, 4.69) is 10.1 Å². The lowest BCUT2D eigenvalue weighted by molar-refractivity contribution is 0.0986. The van der Waals surface area contributed by atoms with Gasteiger partial charge in [-0.2, -0.15) is 10.1 Å². The highest BCUT2D eigenvalue weighted by atomic mass is 32.1. The molecule has 0 saturated carbocycles. The number of amides is 1. The molecular formula is C18H21FN4O2S. The lowest BCUT2D eigenvalue weighted by atomic mass is 10.3.